The van der Waals surface area contributed by atoms with E-state index in [0.29, 0.717) is 13.1 Å². The first-order valence-corrected chi connectivity index (χ1v) is 10.7. The summed E-state index contributed by atoms with van der Waals surface area (Å²) in [6.07, 6.45) is 2.00. The molecule has 1 fully saturated rings. The van der Waals surface area contributed by atoms with Crippen LogP contribution in [0.3, 0.4) is 0 Å². The van der Waals surface area contributed by atoms with Crippen molar-refractivity contribution in [2.45, 2.75) is 58.4 Å². The highest BCUT2D eigenvalue weighted by Crippen LogP contribution is 2.39. The van der Waals surface area contributed by atoms with Gasteiger partial charge in [0.2, 0.25) is 0 Å². The molecule has 0 bridgehead atoms. The number of nitrogens with one attached hydrogen (secondary N) is 2. The molecule has 0 aliphatic heterocycles. The zero-order valence-corrected chi connectivity index (χ0v) is 18.4. The monoisotopic (exact) mass is 420 g/mol. The molecular formula is C24H28N4O3. The molecule has 0 unspecified atom stereocenters. The minimum atomic E-state index is -0.581. The molecule has 162 valence electrons. The van der Waals surface area contributed by atoms with Crippen LogP contribution in [-0.2, 0) is 12.0 Å². The maximum absolute atomic E-state index is 13.3. The van der Waals surface area contributed by atoms with E-state index in [4.69, 9.17) is 0 Å². The van der Waals surface area contributed by atoms with Crippen LogP contribution in [0.4, 0.5) is 0 Å². The number of aromatic nitrogens is 3. The number of hydrogen-bond donors (Lipinski definition) is 2. The van der Waals surface area contributed by atoms with Crippen molar-refractivity contribution in [3.8, 4) is 0 Å². The smallest absolute Gasteiger partial charge is 0.329 e. The number of carbonyl (C=O) groups excluding carboxylic acids is 1. The molecule has 31 heavy (non-hydrogen) atoms. The summed E-state index contributed by atoms with van der Waals surface area (Å²) in [5, 5.41) is 3.17. The third-order valence-corrected chi connectivity index (χ3v) is 6.02. The molecule has 0 atom stereocenters. The highest BCUT2D eigenvalue weighted by Gasteiger charge is 2.29. The van der Waals surface area contributed by atoms with Crippen LogP contribution in [0, 0.1) is 6.92 Å². The van der Waals surface area contributed by atoms with Gasteiger partial charge in [-0.2, -0.15) is 0 Å². The van der Waals surface area contributed by atoms with Crippen LogP contribution in [0.25, 0.3) is 11.0 Å². The molecule has 7 heteroatoms. The van der Waals surface area contributed by atoms with Gasteiger partial charge < -0.3 is 5.32 Å². The second-order valence-electron chi connectivity index (χ2n) is 9.01. The largest absolute Gasteiger partial charge is 0.351 e. The van der Waals surface area contributed by atoms with Crippen molar-refractivity contribution >= 4 is 16.9 Å². The third-order valence-electron chi connectivity index (χ3n) is 6.02. The van der Waals surface area contributed by atoms with Crippen LogP contribution in [0.2, 0.25) is 0 Å². The number of aryl methyl sites for hydroxylation is 2. The highest BCUT2D eigenvalue weighted by atomic mass is 16.2. The maximum atomic E-state index is 13.3. The molecule has 1 aromatic carbocycles. The van der Waals surface area contributed by atoms with Gasteiger partial charge in [-0.1, -0.05) is 43.7 Å². The Balaban J connectivity index is 1.74. The summed E-state index contributed by atoms with van der Waals surface area (Å²) < 4.78 is 1.41. The highest BCUT2D eigenvalue weighted by molar-refractivity contribution is 6.05. The summed E-state index contributed by atoms with van der Waals surface area (Å²) in [5.41, 5.74) is 2.23. The lowest BCUT2D eigenvalue weighted by Gasteiger charge is -2.26. The molecule has 1 aliphatic carbocycles. The number of benzene rings is 1. The second kappa shape index (κ2) is 7.80. The Morgan fingerprint density at radius 1 is 1.26 bits per heavy atom. The molecule has 2 N–H and O–H groups in total. The van der Waals surface area contributed by atoms with Gasteiger partial charge in [-0.3, -0.25) is 19.1 Å². The van der Waals surface area contributed by atoms with Crippen molar-refractivity contribution in [3.05, 3.63) is 73.6 Å². The molecule has 0 radical (unpaired) electrons. The molecule has 2 heterocycles. The van der Waals surface area contributed by atoms with Crippen molar-refractivity contribution in [1.82, 2.24) is 19.9 Å². The number of carbonyl (C=O) groups is 1. The van der Waals surface area contributed by atoms with Gasteiger partial charge in [0.05, 0.1) is 10.9 Å². The number of nitrogens with zero attached hydrogens (tertiary/aromatic N) is 2. The molecule has 1 saturated carbocycles. The number of pyridine rings is 1. The Morgan fingerprint density at radius 3 is 2.65 bits per heavy atom. The number of hydrogen-bond acceptors (Lipinski definition) is 4. The molecule has 4 rings (SSSR count). The number of fused-ring (bicyclic) bond motifs is 1. The average molecular weight is 421 g/mol. The predicted octanol–water partition coefficient (Wildman–Crippen LogP) is 3.00. The molecule has 0 saturated heterocycles. The van der Waals surface area contributed by atoms with E-state index in [2.05, 4.69) is 41.3 Å². The van der Waals surface area contributed by atoms with Gasteiger partial charge in [-0.05, 0) is 38.3 Å². The van der Waals surface area contributed by atoms with Crippen molar-refractivity contribution in [2.75, 3.05) is 6.54 Å². The summed E-state index contributed by atoms with van der Waals surface area (Å²) in [5.74, 6) is -0.0544. The fourth-order valence-corrected chi connectivity index (χ4v) is 3.92. The lowest BCUT2D eigenvalue weighted by Crippen LogP contribution is -2.38. The summed E-state index contributed by atoms with van der Waals surface area (Å²) in [4.78, 5) is 45.1. The van der Waals surface area contributed by atoms with E-state index in [0.717, 1.165) is 29.7 Å². The summed E-state index contributed by atoms with van der Waals surface area (Å²) in [6, 6.07) is 9.94. The SMILES string of the molecule is CCn1c(=O)[nH]c(=O)c2c(C(=O)NCC(C)(C)c3cccc(C)c3)cc(C3CC3)nc21. The standard InChI is InChI=1S/C24H28N4O3/c1-5-28-20-19(22(30)27-23(28)31)17(12-18(26-20)15-9-10-15)21(29)25-13-24(3,4)16-8-6-7-14(2)11-16/h6-8,11-12,15H,5,9-10,13H2,1-4H3,(H,25,29)(H,27,30,31). The zero-order valence-electron chi connectivity index (χ0n) is 18.4. The van der Waals surface area contributed by atoms with Crippen LogP contribution >= 0.6 is 0 Å². The maximum Gasteiger partial charge on any atom is 0.329 e. The number of H-pyrrole nitrogens is 1. The van der Waals surface area contributed by atoms with Gasteiger partial charge in [-0.25, -0.2) is 9.78 Å². The molecule has 1 amide bonds. The number of aromatic amines is 1. The second-order valence-corrected chi connectivity index (χ2v) is 9.01. The topological polar surface area (TPSA) is 96.9 Å². The zero-order chi connectivity index (χ0) is 22.3. The fourth-order valence-electron chi connectivity index (χ4n) is 3.92. The minimum absolute atomic E-state index is 0.164. The van der Waals surface area contributed by atoms with Gasteiger partial charge in [0.1, 0.15) is 0 Å². The van der Waals surface area contributed by atoms with Gasteiger partial charge in [0, 0.05) is 30.1 Å². The van der Waals surface area contributed by atoms with Crippen LogP contribution < -0.4 is 16.6 Å². The molecule has 1 aliphatic rings. The molecule has 7 nitrogen and oxygen atoms in total. The molecule has 2 aromatic heterocycles. The lowest BCUT2D eigenvalue weighted by atomic mass is 9.84. The number of amides is 1. The Hall–Kier alpha value is -3.22. The molecule has 3 aromatic rings. The third kappa shape index (κ3) is 4.04. The van der Waals surface area contributed by atoms with Crippen molar-refractivity contribution in [3.63, 3.8) is 0 Å². The van der Waals surface area contributed by atoms with Crippen molar-refractivity contribution in [1.29, 1.82) is 0 Å². The van der Waals surface area contributed by atoms with Crippen LogP contribution in [-0.4, -0.2) is 27.0 Å². The fraction of sp³-hybridized carbons (Fsp3) is 0.417. The minimum Gasteiger partial charge on any atom is -0.351 e. The van der Waals surface area contributed by atoms with E-state index in [9.17, 15) is 14.4 Å². The molecular weight excluding hydrogens is 392 g/mol. The van der Waals surface area contributed by atoms with Crippen LogP contribution in [0.1, 0.15) is 66.7 Å². The Kier molecular flexibility index (Phi) is 5.29. The first-order chi connectivity index (χ1) is 14.7. The Labute approximate surface area is 180 Å². The van der Waals surface area contributed by atoms with Gasteiger partial charge in [-0.15, -0.1) is 0 Å². The van der Waals surface area contributed by atoms with E-state index in [1.165, 1.54) is 4.57 Å². The van der Waals surface area contributed by atoms with E-state index >= 15 is 0 Å². The van der Waals surface area contributed by atoms with Gasteiger partial charge >= 0.3 is 5.69 Å². The lowest BCUT2D eigenvalue weighted by molar-refractivity contribution is 0.0947. The van der Waals surface area contributed by atoms with E-state index in [-0.39, 0.29) is 33.8 Å². The summed E-state index contributed by atoms with van der Waals surface area (Å²) in [7, 11) is 0. The molecule has 0 spiro atoms. The van der Waals surface area contributed by atoms with Crippen LogP contribution in [0.15, 0.2) is 39.9 Å². The Morgan fingerprint density at radius 2 is 2.00 bits per heavy atom. The quantitative estimate of drug-likeness (QED) is 0.641. The van der Waals surface area contributed by atoms with Crippen LogP contribution in [0.5, 0.6) is 0 Å². The number of rotatable bonds is 6. The van der Waals surface area contributed by atoms with Gasteiger partial charge in [0.25, 0.3) is 11.5 Å². The average Bonchev–Trinajstić information content (AvgIpc) is 3.57. The Bertz CT molecular complexity index is 1280. The van der Waals surface area contributed by atoms with E-state index in [1.54, 1.807) is 6.07 Å². The first kappa shape index (κ1) is 21.0. The summed E-state index contributed by atoms with van der Waals surface area (Å²) in [6.45, 7) is 8.76. The van der Waals surface area contributed by atoms with Gasteiger partial charge in [0.15, 0.2) is 5.65 Å². The summed E-state index contributed by atoms with van der Waals surface area (Å²) >= 11 is 0. The van der Waals surface area contributed by atoms with E-state index < -0.39 is 11.2 Å². The normalized spacial score (nSPS) is 14.1. The van der Waals surface area contributed by atoms with Crippen molar-refractivity contribution < 1.29 is 4.79 Å². The van der Waals surface area contributed by atoms with E-state index in [1.807, 2.05) is 26.0 Å². The first-order valence-electron chi connectivity index (χ1n) is 10.7. The predicted molar refractivity (Wildman–Crippen MR) is 121 cm³/mol. The van der Waals surface area contributed by atoms with Crippen molar-refractivity contribution in [2.24, 2.45) is 0 Å².